The molecule has 0 bridgehead atoms. The van der Waals surface area contributed by atoms with Crippen molar-refractivity contribution < 1.29 is 52.7 Å². The molecule has 33 heavy (non-hydrogen) atoms. The summed E-state index contributed by atoms with van der Waals surface area (Å²) in [7, 11) is 4.22. The van der Waals surface area contributed by atoms with Gasteiger partial charge in [-0.3, -0.25) is 0 Å². The average Bonchev–Trinajstić information content (AvgIpc) is 3.25. The molecule has 0 unspecified atom stereocenters. The number of benzene rings is 3. The Hall–Kier alpha value is -1.69. The van der Waals surface area contributed by atoms with Crippen LogP contribution in [-0.2, 0) is 27.9 Å². The van der Waals surface area contributed by atoms with E-state index >= 15 is 0 Å². The molecule has 0 N–H and O–H groups in total. The number of rotatable bonds is 9. The summed E-state index contributed by atoms with van der Waals surface area (Å²) in [5, 5.41) is 0. The molecule has 6 heteroatoms. The second-order valence-corrected chi connectivity index (χ2v) is 9.30. The molecule has 3 aromatic carbocycles. The first-order valence-electron chi connectivity index (χ1n) is 10.5. The molecule has 0 saturated carbocycles. The number of nitrogens with zero attached hydrogens (tertiary/aromatic N) is 1. The molecule has 0 atom stereocenters. The molecule has 0 amide bonds. The van der Waals surface area contributed by atoms with Gasteiger partial charge in [0.15, 0.2) is 0 Å². The van der Waals surface area contributed by atoms with Crippen LogP contribution in [0.4, 0.5) is 0 Å². The van der Waals surface area contributed by atoms with Crippen molar-refractivity contribution in [2.24, 2.45) is 0 Å². The SMILES string of the molecule is CN(C)CC1=C(c2cccc[c]2[Ti+2][O]OC(c2ccccc2)c2ccccc2)CC=C1.[Cl-].[Cl-]. The second-order valence-electron chi connectivity index (χ2n) is 7.88. The fraction of sp³-hybridized carbons (Fsp3) is 0.185. The molecule has 0 spiro atoms. The minimum atomic E-state index is -0.927. The number of hydrogen-bond donors (Lipinski definition) is 0. The van der Waals surface area contributed by atoms with Gasteiger partial charge in [-0.2, -0.15) is 0 Å². The Balaban J connectivity index is 0.00000193. The normalized spacial score (nSPS) is 12.5. The molecular weight excluding hydrogens is 489 g/mol. The van der Waals surface area contributed by atoms with Crippen molar-refractivity contribution in [3.8, 4) is 0 Å². The van der Waals surface area contributed by atoms with Crippen molar-refractivity contribution in [3.63, 3.8) is 0 Å². The molecule has 0 radical (unpaired) electrons. The first-order valence-corrected chi connectivity index (χ1v) is 11.9. The summed E-state index contributed by atoms with van der Waals surface area (Å²) in [4.78, 5) is 8.26. The minimum Gasteiger partial charge on any atom is -1.00 e. The predicted octanol–water partition coefficient (Wildman–Crippen LogP) is -0.670. The van der Waals surface area contributed by atoms with Crippen molar-refractivity contribution in [2.45, 2.75) is 12.5 Å². The Bertz CT molecular complexity index is 1020. The largest absolute Gasteiger partial charge is 1.00 e. The molecule has 0 saturated heterocycles. The molecule has 0 heterocycles. The van der Waals surface area contributed by atoms with Crippen LogP contribution in [-0.4, -0.2) is 25.5 Å². The van der Waals surface area contributed by atoms with Crippen LogP contribution in [0.15, 0.2) is 103 Å². The summed E-state index contributed by atoms with van der Waals surface area (Å²) < 4.78 is 7.24. The van der Waals surface area contributed by atoms with Gasteiger partial charge in [-0.1, -0.05) is 0 Å². The van der Waals surface area contributed by atoms with Gasteiger partial charge in [-0.15, -0.1) is 0 Å². The summed E-state index contributed by atoms with van der Waals surface area (Å²) in [6.07, 6.45) is 5.24. The summed E-state index contributed by atoms with van der Waals surface area (Å²) >= 11 is -0.927. The van der Waals surface area contributed by atoms with Crippen LogP contribution in [0.5, 0.6) is 0 Å². The van der Waals surface area contributed by atoms with Crippen molar-refractivity contribution in [1.29, 1.82) is 0 Å². The van der Waals surface area contributed by atoms with Crippen LogP contribution >= 0.6 is 0 Å². The van der Waals surface area contributed by atoms with Crippen LogP contribution in [0.2, 0.25) is 0 Å². The molecule has 0 aliphatic heterocycles. The van der Waals surface area contributed by atoms with Gasteiger partial charge < -0.3 is 24.8 Å². The molecular formula is C27H27Cl2NO2Ti. The van der Waals surface area contributed by atoms with E-state index in [0.29, 0.717) is 0 Å². The summed E-state index contributed by atoms with van der Waals surface area (Å²) in [5.41, 5.74) is 6.26. The maximum atomic E-state index is 6.04. The zero-order valence-electron chi connectivity index (χ0n) is 18.7. The average molecular weight is 516 g/mol. The molecule has 1 aliphatic carbocycles. The van der Waals surface area contributed by atoms with Crippen molar-refractivity contribution >= 4 is 9.44 Å². The third-order valence-electron chi connectivity index (χ3n) is 5.27. The monoisotopic (exact) mass is 515 g/mol. The molecule has 0 fully saturated rings. The molecule has 4 rings (SSSR count). The van der Waals surface area contributed by atoms with Gasteiger partial charge in [-0.05, 0) is 0 Å². The van der Waals surface area contributed by atoms with Crippen molar-refractivity contribution in [1.82, 2.24) is 4.90 Å². The van der Waals surface area contributed by atoms with Gasteiger partial charge in [0, 0.05) is 0 Å². The first kappa shape index (κ1) is 27.6. The molecule has 1 aliphatic rings. The molecule has 170 valence electrons. The van der Waals surface area contributed by atoms with Gasteiger partial charge in [0.2, 0.25) is 0 Å². The summed E-state index contributed by atoms with van der Waals surface area (Å²) in [6, 6.07) is 29.1. The maximum Gasteiger partial charge on any atom is -1.00 e. The van der Waals surface area contributed by atoms with E-state index < -0.39 is 19.5 Å². The van der Waals surface area contributed by atoms with E-state index in [0.717, 1.165) is 24.1 Å². The van der Waals surface area contributed by atoms with E-state index in [2.05, 4.69) is 79.7 Å². The standard InChI is InChI=1S/C14H16N.C13H12O2.2ClH.Ti/c1-15(2)11-13-9-6-10-14(13)12-7-4-3-5-8-12;14-15-13(11-7-3-1-4-8-11)12-9-5-2-6-10-12;;;/h3-7,9H,10-11H2,1-2H3;1-10,13-14H;2*1H;/q;;;;+3/p-3. The number of hydrogen-bond acceptors (Lipinski definition) is 3. The summed E-state index contributed by atoms with van der Waals surface area (Å²) in [6.45, 7) is 0.946. The number of allylic oxidation sites excluding steroid dienone is 2. The van der Waals surface area contributed by atoms with Crippen LogP contribution in [0, 0.1) is 0 Å². The quantitative estimate of drug-likeness (QED) is 0.214. The number of halogens is 2. The van der Waals surface area contributed by atoms with E-state index in [9.17, 15) is 0 Å². The topological polar surface area (TPSA) is 21.7 Å². The Kier molecular flexibility index (Phi) is 11.6. The van der Waals surface area contributed by atoms with Gasteiger partial charge in [-0.25, -0.2) is 0 Å². The van der Waals surface area contributed by atoms with Crippen molar-refractivity contribution in [3.05, 3.63) is 119 Å². The molecule has 3 aromatic rings. The first-order chi connectivity index (χ1) is 15.2. The van der Waals surface area contributed by atoms with Gasteiger partial charge in [0.05, 0.1) is 0 Å². The third-order valence-corrected chi connectivity index (χ3v) is 6.57. The van der Waals surface area contributed by atoms with E-state index in [4.69, 9.17) is 8.36 Å². The van der Waals surface area contributed by atoms with Gasteiger partial charge >= 0.3 is 195 Å². The zero-order chi connectivity index (χ0) is 21.5. The van der Waals surface area contributed by atoms with E-state index in [1.165, 1.54) is 20.6 Å². The summed E-state index contributed by atoms with van der Waals surface area (Å²) in [5.74, 6) is 0. The van der Waals surface area contributed by atoms with E-state index in [-0.39, 0.29) is 30.9 Å². The Labute approximate surface area is 218 Å². The second kappa shape index (κ2) is 13.9. The van der Waals surface area contributed by atoms with Crippen LogP contribution in [0.3, 0.4) is 0 Å². The van der Waals surface area contributed by atoms with Crippen LogP contribution in [0.25, 0.3) is 5.57 Å². The van der Waals surface area contributed by atoms with Crippen LogP contribution in [0.1, 0.15) is 29.2 Å². The fourth-order valence-corrected chi connectivity index (χ4v) is 4.99. The smallest absolute Gasteiger partial charge is 1.00 e. The number of likely N-dealkylation sites (N-methyl/N-ethyl adjacent to an activating group) is 1. The molecule has 0 aromatic heterocycles. The zero-order valence-corrected chi connectivity index (χ0v) is 21.8. The fourth-order valence-electron chi connectivity index (χ4n) is 3.83. The third kappa shape index (κ3) is 7.40. The van der Waals surface area contributed by atoms with Crippen LogP contribution < -0.4 is 28.7 Å². The Morgan fingerprint density at radius 2 is 1.39 bits per heavy atom. The predicted molar refractivity (Wildman–Crippen MR) is 122 cm³/mol. The van der Waals surface area contributed by atoms with Crippen molar-refractivity contribution in [2.75, 3.05) is 20.6 Å². The minimum absolute atomic E-state index is 0. The maximum absolute atomic E-state index is 6.04. The Morgan fingerprint density at radius 1 is 0.818 bits per heavy atom. The van der Waals surface area contributed by atoms with E-state index in [1.807, 2.05) is 36.4 Å². The van der Waals surface area contributed by atoms with E-state index in [1.54, 1.807) is 0 Å². The Morgan fingerprint density at radius 3 is 2.00 bits per heavy atom. The molecule has 3 nitrogen and oxygen atoms in total. The van der Waals surface area contributed by atoms with Gasteiger partial charge in [0.1, 0.15) is 0 Å². The van der Waals surface area contributed by atoms with Gasteiger partial charge in [0.25, 0.3) is 0 Å².